The van der Waals surface area contributed by atoms with Gasteiger partial charge in [0.25, 0.3) is 0 Å². The summed E-state index contributed by atoms with van der Waals surface area (Å²) >= 11 is 0. The maximum absolute atomic E-state index is 5.88. The Kier molecular flexibility index (Phi) is 6.10. The Morgan fingerprint density at radius 3 is 2.21 bits per heavy atom. The molecule has 0 amide bonds. The molecular formula is C13H26O. The van der Waals surface area contributed by atoms with Crippen LogP contribution < -0.4 is 0 Å². The van der Waals surface area contributed by atoms with Crippen molar-refractivity contribution in [3.05, 3.63) is 12.2 Å². The first-order chi connectivity index (χ1) is 6.37. The molecule has 0 rings (SSSR count). The van der Waals surface area contributed by atoms with E-state index in [-0.39, 0.29) is 5.60 Å². The van der Waals surface area contributed by atoms with Crippen LogP contribution in [0.3, 0.4) is 0 Å². The predicted molar refractivity (Wildman–Crippen MR) is 63.5 cm³/mol. The minimum Gasteiger partial charge on any atom is -0.372 e. The molecule has 2 atom stereocenters. The summed E-state index contributed by atoms with van der Waals surface area (Å²) in [5.74, 6) is 0.501. The maximum Gasteiger partial charge on any atom is 0.0614 e. The molecule has 0 aromatic rings. The van der Waals surface area contributed by atoms with Crippen molar-refractivity contribution in [3.63, 3.8) is 0 Å². The van der Waals surface area contributed by atoms with Crippen LogP contribution in [0.2, 0.25) is 0 Å². The summed E-state index contributed by atoms with van der Waals surface area (Å²) in [6, 6.07) is 0. The molecule has 14 heavy (non-hydrogen) atoms. The summed E-state index contributed by atoms with van der Waals surface area (Å²) in [5.41, 5.74) is -0.0354. The fourth-order valence-electron chi connectivity index (χ4n) is 1.30. The minimum atomic E-state index is -0.0354. The van der Waals surface area contributed by atoms with E-state index in [1.165, 1.54) is 12.8 Å². The fourth-order valence-corrected chi connectivity index (χ4v) is 1.30. The van der Waals surface area contributed by atoms with E-state index < -0.39 is 0 Å². The molecule has 84 valence electrons. The van der Waals surface area contributed by atoms with Crippen LogP contribution in [0.5, 0.6) is 0 Å². The monoisotopic (exact) mass is 198 g/mol. The second-order valence-electron chi connectivity index (χ2n) is 5.01. The second-order valence-corrected chi connectivity index (χ2v) is 5.01. The first-order valence-electron chi connectivity index (χ1n) is 5.71. The largest absolute Gasteiger partial charge is 0.372 e. The van der Waals surface area contributed by atoms with E-state index in [0.717, 1.165) is 0 Å². The molecule has 0 saturated heterocycles. The lowest BCUT2D eigenvalue weighted by atomic mass is 10.0. The van der Waals surface area contributed by atoms with Gasteiger partial charge in [-0.25, -0.2) is 0 Å². The summed E-state index contributed by atoms with van der Waals surface area (Å²) in [5, 5.41) is 0. The summed E-state index contributed by atoms with van der Waals surface area (Å²) in [6.45, 7) is 12.9. The molecular weight excluding hydrogens is 172 g/mol. The molecule has 0 spiro atoms. The molecule has 0 fully saturated rings. The Balaban J connectivity index is 3.93. The zero-order valence-electron chi connectivity index (χ0n) is 10.6. The lowest BCUT2D eigenvalue weighted by molar-refractivity contribution is -0.0653. The van der Waals surface area contributed by atoms with Gasteiger partial charge in [0.1, 0.15) is 0 Å². The lowest BCUT2D eigenvalue weighted by Crippen LogP contribution is -2.29. The molecule has 0 bridgehead atoms. The Hall–Kier alpha value is -0.300. The quantitative estimate of drug-likeness (QED) is 0.602. The molecule has 0 aliphatic carbocycles. The van der Waals surface area contributed by atoms with Gasteiger partial charge >= 0.3 is 0 Å². The molecule has 0 aliphatic heterocycles. The average molecular weight is 198 g/mol. The zero-order valence-corrected chi connectivity index (χ0v) is 10.6. The van der Waals surface area contributed by atoms with Gasteiger partial charge in [0, 0.05) is 0 Å². The fraction of sp³-hybridized carbons (Fsp3) is 0.846. The number of ether oxygens (including phenoxy) is 1. The van der Waals surface area contributed by atoms with Gasteiger partial charge in [-0.1, -0.05) is 32.4 Å². The van der Waals surface area contributed by atoms with Crippen molar-refractivity contribution in [1.82, 2.24) is 0 Å². The minimum absolute atomic E-state index is 0.0354. The van der Waals surface area contributed by atoms with E-state index in [4.69, 9.17) is 4.74 Å². The third-order valence-corrected chi connectivity index (χ3v) is 2.17. The molecule has 0 aromatic heterocycles. The summed E-state index contributed by atoms with van der Waals surface area (Å²) < 4.78 is 5.88. The third kappa shape index (κ3) is 7.14. The van der Waals surface area contributed by atoms with Crippen LogP contribution in [0, 0.1) is 5.92 Å². The number of hydrogen-bond donors (Lipinski definition) is 0. The van der Waals surface area contributed by atoms with Crippen LogP contribution >= 0.6 is 0 Å². The van der Waals surface area contributed by atoms with E-state index in [1.54, 1.807) is 0 Å². The van der Waals surface area contributed by atoms with E-state index >= 15 is 0 Å². The summed E-state index contributed by atoms with van der Waals surface area (Å²) in [6.07, 6.45) is 7.21. The van der Waals surface area contributed by atoms with Crippen molar-refractivity contribution in [2.24, 2.45) is 5.92 Å². The molecule has 1 unspecified atom stereocenters. The van der Waals surface area contributed by atoms with Gasteiger partial charge in [0.15, 0.2) is 0 Å². The van der Waals surface area contributed by atoms with E-state index in [0.29, 0.717) is 12.0 Å². The van der Waals surface area contributed by atoms with Crippen LogP contribution in [0.25, 0.3) is 0 Å². The highest BCUT2D eigenvalue weighted by Gasteiger charge is 2.18. The second kappa shape index (κ2) is 6.23. The van der Waals surface area contributed by atoms with Crippen LogP contribution in [0.1, 0.15) is 54.4 Å². The van der Waals surface area contributed by atoms with Crippen LogP contribution in [0.15, 0.2) is 12.2 Å². The van der Waals surface area contributed by atoms with Gasteiger partial charge in [0.05, 0.1) is 11.7 Å². The highest BCUT2D eigenvalue weighted by Crippen LogP contribution is 2.17. The number of rotatable bonds is 5. The van der Waals surface area contributed by atoms with Gasteiger partial charge in [0.2, 0.25) is 0 Å². The standard InChI is InChI=1S/C13H26O/c1-7-8-9-10-11(2)12(3)14-13(4,5)6/h9-12H,7-8H2,1-6H3/b10-9-/t11-,12?/m1/s1. The molecule has 0 aromatic carbocycles. The van der Waals surface area contributed by atoms with E-state index in [9.17, 15) is 0 Å². The highest BCUT2D eigenvalue weighted by molar-refractivity contribution is 4.89. The molecule has 1 nitrogen and oxygen atoms in total. The smallest absolute Gasteiger partial charge is 0.0614 e. The Morgan fingerprint density at radius 2 is 1.79 bits per heavy atom. The number of unbranched alkanes of at least 4 members (excludes halogenated alkanes) is 1. The Morgan fingerprint density at radius 1 is 1.21 bits per heavy atom. The van der Waals surface area contributed by atoms with Gasteiger partial charge in [-0.3, -0.25) is 0 Å². The van der Waals surface area contributed by atoms with Crippen LogP contribution in [-0.4, -0.2) is 11.7 Å². The molecule has 0 saturated carbocycles. The van der Waals surface area contributed by atoms with Crippen LogP contribution in [0.4, 0.5) is 0 Å². The van der Waals surface area contributed by atoms with E-state index in [1.807, 2.05) is 0 Å². The van der Waals surface area contributed by atoms with Crippen molar-refractivity contribution >= 4 is 0 Å². The van der Waals surface area contributed by atoms with Crippen molar-refractivity contribution in [2.45, 2.75) is 66.1 Å². The third-order valence-electron chi connectivity index (χ3n) is 2.17. The Bertz CT molecular complexity index is 165. The van der Waals surface area contributed by atoms with Crippen molar-refractivity contribution < 1.29 is 4.74 Å². The summed E-state index contributed by atoms with van der Waals surface area (Å²) in [4.78, 5) is 0. The Labute approximate surface area is 89.5 Å². The van der Waals surface area contributed by atoms with Gasteiger partial charge < -0.3 is 4.74 Å². The molecule has 0 aliphatic rings. The van der Waals surface area contributed by atoms with Crippen LogP contribution in [-0.2, 0) is 4.74 Å². The van der Waals surface area contributed by atoms with E-state index in [2.05, 4.69) is 53.7 Å². The van der Waals surface area contributed by atoms with Crippen molar-refractivity contribution in [3.8, 4) is 0 Å². The maximum atomic E-state index is 5.88. The lowest BCUT2D eigenvalue weighted by Gasteiger charge is -2.27. The van der Waals surface area contributed by atoms with Gasteiger partial charge in [-0.2, -0.15) is 0 Å². The normalized spacial score (nSPS) is 17.3. The van der Waals surface area contributed by atoms with Gasteiger partial charge in [-0.15, -0.1) is 0 Å². The highest BCUT2D eigenvalue weighted by atomic mass is 16.5. The average Bonchev–Trinajstić information content (AvgIpc) is 2.01. The van der Waals surface area contributed by atoms with Crippen molar-refractivity contribution in [2.75, 3.05) is 0 Å². The molecule has 0 radical (unpaired) electrons. The topological polar surface area (TPSA) is 9.23 Å². The van der Waals surface area contributed by atoms with Crippen molar-refractivity contribution in [1.29, 1.82) is 0 Å². The predicted octanol–water partition coefficient (Wildman–Crippen LogP) is 4.18. The summed E-state index contributed by atoms with van der Waals surface area (Å²) in [7, 11) is 0. The first-order valence-corrected chi connectivity index (χ1v) is 5.71. The SMILES string of the molecule is CCC/C=C\[C@@H](C)C(C)OC(C)(C)C. The molecule has 0 N–H and O–H groups in total. The molecule has 1 heteroatoms. The first kappa shape index (κ1) is 13.7. The number of allylic oxidation sites excluding steroid dienone is 1. The number of hydrogen-bond acceptors (Lipinski definition) is 1. The van der Waals surface area contributed by atoms with Gasteiger partial charge in [-0.05, 0) is 40.0 Å². The zero-order chi connectivity index (χ0) is 11.2. The molecule has 0 heterocycles.